The summed E-state index contributed by atoms with van der Waals surface area (Å²) in [6.07, 6.45) is 4.07. The van der Waals surface area contributed by atoms with Gasteiger partial charge in [-0.05, 0) is 48.9 Å². The summed E-state index contributed by atoms with van der Waals surface area (Å²) in [4.78, 5) is 20.0. The van der Waals surface area contributed by atoms with E-state index in [9.17, 15) is 4.79 Å². The maximum atomic E-state index is 13.3. The van der Waals surface area contributed by atoms with Crippen molar-refractivity contribution in [3.05, 3.63) is 59.9 Å². The molecule has 1 aromatic heterocycles. The molecule has 2 aromatic carbocycles. The number of thioether (sulfide) groups is 1. The largest absolute Gasteiger partial charge is 0.497 e. The van der Waals surface area contributed by atoms with Crippen LogP contribution in [0.1, 0.15) is 30.3 Å². The molecule has 0 radical (unpaired) electrons. The van der Waals surface area contributed by atoms with E-state index in [1.807, 2.05) is 47.4 Å². The summed E-state index contributed by atoms with van der Waals surface area (Å²) in [5, 5.41) is 0. The Morgan fingerprint density at radius 1 is 1.25 bits per heavy atom. The van der Waals surface area contributed by atoms with E-state index in [-0.39, 0.29) is 11.9 Å². The molecule has 0 N–H and O–H groups in total. The van der Waals surface area contributed by atoms with Crippen molar-refractivity contribution in [3.63, 3.8) is 0 Å². The Kier molecular flexibility index (Phi) is 5.57. The van der Waals surface area contributed by atoms with E-state index in [0.717, 1.165) is 53.3 Å². The number of methoxy groups -OCH3 is 1. The molecule has 0 spiro atoms. The first-order valence-corrected chi connectivity index (χ1v) is 11.0. The second-order valence-corrected chi connectivity index (χ2v) is 7.92. The molecule has 0 saturated carbocycles. The van der Waals surface area contributed by atoms with Gasteiger partial charge in [0.05, 0.1) is 29.9 Å². The third kappa shape index (κ3) is 3.61. The van der Waals surface area contributed by atoms with Crippen LogP contribution in [0.5, 0.6) is 5.75 Å². The van der Waals surface area contributed by atoms with Crippen LogP contribution in [0.15, 0.2) is 48.5 Å². The third-order valence-electron chi connectivity index (χ3n) is 5.35. The van der Waals surface area contributed by atoms with E-state index in [0.29, 0.717) is 6.54 Å². The number of hydrogen-bond acceptors (Lipinski definition) is 4. The van der Waals surface area contributed by atoms with Crippen molar-refractivity contribution in [2.75, 3.05) is 19.9 Å². The van der Waals surface area contributed by atoms with Crippen molar-refractivity contribution in [1.82, 2.24) is 14.5 Å². The second-order valence-electron chi connectivity index (χ2n) is 7.06. The van der Waals surface area contributed by atoms with Gasteiger partial charge in [-0.1, -0.05) is 24.3 Å². The zero-order valence-corrected chi connectivity index (χ0v) is 17.1. The van der Waals surface area contributed by atoms with Gasteiger partial charge >= 0.3 is 0 Å². The van der Waals surface area contributed by atoms with Gasteiger partial charge in [0.2, 0.25) is 5.91 Å². The van der Waals surface area contributed by atoms with Gasteiger partial charge in [-0.2, -0.15) is 11.8 Å². The molecule has 146 valence electrons. The van der Waals surface area contributed by atoms with E-state index in [2.05, 4.69) is 16.9 Å². The Morgan fingerprint density at radius 3 is 2.93 bits per heavy atom. The quantitative estimate of drug-likeness (QED) is 0.625. The fourth-order valence-electron chi connectivity index (χ4n) is 4.03. The minimum Gasteiger partial charge on any atom is -0.497 e. The summed E-state index contributed by atoms with van der Waals surface area (Å²) < 4.78 is 7.45. The molecule has 1 fully saturated rings. The summed E-state index contributed by atoms with van der Waals surface area (Å²) in [5.74, 6) is 2.73. The summed E-state index contributed by atoms with van der Waals surface area (Å²) in [5.41, 5.74) is 3.12. The number of ether oxygens (including phenoxy) is 1. The predicted octanol–water partition coefficient (Wildman–Crippen LogP) is 4.27. The number of para-hydroxylation sites is 2. The van der Waals surface area contributed by atoms with Crippen molar-refractivity contribution in [2.24, 2.45) is 0 Å². The number of hydrogen-bond donors (Lipinski definition) is 0. The van der Waals surface area contributed by atoms with Gasteiger partial charge in [0.25, 0.3) is 0 Å². The van der Waals surface area contributed by atoms with Crippen molar-refractivity contribution >= 4 is 28.7 Å². The summed E-state index contributed by atoms with van der Waals surface area (Å²) in [7, 11) is 1.67. The minimum absolute atomic E-state index is 0.112. The highest BCUT2D eigenvalue weighted by atomic mass is 32.2. The summed E-state index contributed by atoms with van der Waals surface area (Å²) >= 11 is 1.72. The summed E-state index contributed by atoms with van der Waals surface area (Å²) in [6, 6.07) is 16.2. The highest BCUT2D eigenvalue weighted by Gasteiger charge is 2.30. The lowest BCUT2D eigenvalue weighted by Crippen LogP contribution is -2.33. The molecule has 5 nitrogen and oxygen atoms in total. The molecule has 1 atom stereocenters. The van der Waals surface area contributed by atoms with Gasteiger partial charge in [-0.25, -0.2) is 4.98 Å². The van der Waals surface area contributed by atoms with Crippen LogP contribution in [-0.2, 0) is 17.1 Å². The van der Waals surface area contributed by atoms with Gasteiger partial charge in [0, 0.05) is 6.54 Å². The molecule has 1 amide bonds. The lowest BCUT2D eigenvalue weighted by Gasteiger charge is -2.26. The van der Waals surface area contributed by atoms with Gasteiger partial charge < -0.3 is 14.2 Å². The lowest BCUT2D eigenvalue weighted by atomic mass is 10.0. The smallest absolute Gasteiger partial charge is 0.243 e. The summed E-state index contributed by atoms with van der Waals surface area (Å²) in [6.45, 7) is 1.13. The predicted molar refractivity (Wildman–Crippen MR) is 114 cm³/mol. The normalized spacial score (nSPS) is 16.6. The molecule has 1 unspecified atom stereocenters. The number of likely N-dealkylation sites (tertiary alicyclic amines) is 1. The van der Waals surface area contributed by atoms with Crippen LogP contribution < -0.4 is 4.74 Å². The first-order chi connectivity index (χ1) is 13.7. The van der Waals surface area contributed by atoms with Crippen LogP contribution >= 0.6 is 11.8 Å². The fourth-order valence-corrected chi connectivity index (χ4v) is 4.51. The molecule has 0 bridgehead atoms. The molecule has 28 heavy (non-hydrogen) atoms. The van der Waals surface area contributed by atoms with E-state index in [1.54, 1.807) is 18.9 Å². The van der Waals surface area contributed by atoms with Gasteiger partial charge in [-0.15, -0.1) is 0 Å². The van der Waals surface area contributed by atoms with Crippen molar-refractivity contribution < 1.29 is 9.53 Å². The highest BCUT2D eigenvalue weighted by Crippen LogP contribution is 2.34. The monoisotopic (exact) mass is 395 g/mol. The van der Waals surface area contributed by atoms with Crippen LogP contribution in [0.25, 0.3) is 11.0 Å². The van der Waals surface area contributed by atoms with Gasteiger partial charge in [-0.3, -0.25) is 4.79 Å². The molecular formula is C22H25N3O2S. The zero-order valence-electron chi connectivity index (χ0n) is 16.3. The first kappa shape index (κ1) is 18.9. The average Bonchev–Trinajstić information content (AvgIpc) is 3.34. The number of fused-ring (bicyclic) bond motifs is 1. The molecule has 6 heteroatoms. The minimum atomic E-state index is 0.112. The van der Waals surface area contributed by atoms with E-state index in [1.165, 1.54) is 0 Å². The van der Waals surface area contributed by atoms with Crippen molar-refractivity contribution in [1.29, 1.82) is 0 Å². The molecule has 0 aliphatic carbocycles. The number of rotatable bonds is 6. The lowest BCUT2D eigenvalue weighted by molar-refractivity contribution is -0.132. The van der Waals surface area contributed by atoms with Crippen LogP contribution in [0.2, 0.25) is 0 Å². The molecule has 1 aliphatic heterocycles. The van der Waals surface area contributed by atoms with Gasteiger partial charge in [0.15, 0.2) is 0 Å². The number of carbonyl (C=O) groups is 1. The van der Waals surface area contributed by atoms with E-state index < -0.39 is 0 Å². The Morgan fingerprint density at radius 2 is 2.11 bits per heavy atom. The van der Waals surface area contributed by atoms with Crippen LogP contribution in [0.3, 0.4) is 0 Å². The average molecular weight is 396 g/mol. The number of carbonyl (C=O) groups excluding carboxylic acids is 1. The Bertz CT molecular complexity index is 985. The number of imidazole rings is 1. The molecule has 1 saturated heterocycles. The van der Waals surface area contributed by atoms with Crippen molar-refractivity contribution in [2.45, 2.75) is 31.2 Å². The van der Waals surface area contributed by atoms with Crippen LogP contribution in [-0.4, -0.2) is 40.3 Å². The standard InChI is InChI=1S/C22H25N3O2S/c1-27-17-8-5-7-16(13-17)19-11-6-12-24(19)22(26)14-25-20-10-4-3-9-18(20)23-21(25)15-28-2/h3-5,7-10,13,19H,6,11-12,14-15H2,1-2H3. The maximum absolute atomic E-state index is 13.3. The molecular weight excluding hydrogens is 370 g/mol. The highest BCUT2D eigenvalue weighted by molar-refractivity contribution is 7.97. The van der Waals surface area contributed by atoms with Crippen LogP contribution in [0.4, 0.5) is 0 Å². The SMILES string of the molecule is COc1cccc(C2CCCN2C(=O)Cn2c(CSC)nc3ccccc32)c1. The first-order valence-electron chi connectivity index (χ1n) is 9.57. The van der Waals surface area contributed by atoms with Crippen LogP contribution in [0, 0.1) is 0 Å². The van der Waals surface area contributed by atoms with Crippen molar-refractivity contribution in [3.8, 4) is 5.75 Å². The molecule has 4 rings (SSSR count). The third-order valence-corrected chi connectivity index (χ3v) is 5.90. The number of nitrogens with zero attached hydrogens (tertiary/aromatic N) is 3. The molecule has 3 aromatic rings. The number of benzene rings is 2. The van der Waals surface area contributed by atoms with E-state index >= 15 is 0 Å². The second kappa shape index (κ2) is 8.27. The number of amides is 1. The van der Waals surface area contributed by atoms with Gasteiger partial charge in [0.1, 0.15) is 18.1 Å². The fraction of sp³-hybridized carbons (Fsp3) is 0.364. The Hall–Kier alpha value is -2.47. The zero-order chi connectivity index (χ0) is 19.5. The maximum Gasteiger partial charge on any atom is 0.243 e. The molecule has 1 aliphatic rings. The topological polar surface area (TPSA) is 47.4 Å². The molecule has 2 heterocycles. The number of aromatic nitrogens is 2. The van der Waals surface area contributed by atoms with E-state index in [4.69, 9.17) is 9.72 Å². The Balaban J connectivity index is 1.61. The Labute approximate surface area is 169 Å².